The Balaban J connectivity index is 2.13. The highest BCUT2D eigenvalue weighted by Crippen LogP contribution is 2.22. The number of aliphatic hydroxyl groups is 2. The van der Waals surface area contributed by atoms with Crippen molar-refractivity contribution in [1.82, 2.24) is 0 Å². The van der Waals surface area contributed by atoms with Gasteiger partial charge in [-0.25, -0.2) is 8.42 Å². The lowest BCUT2D eigenvalue weighted by Gasteiger charge is -2.13. The van der Waals surface area contributed by atoms with Crippen LogP contribution in [0.4, 0.5) is 11.4 Å². The van der Waals surface area contributed by atoms with Gasteiger partial charge < -0.3 is 15.5 Å². The summed E-state index contributed by atoms with van der Waals surface area (Å²) in [5.41, 5.74) is 3.04. The Morgan fingerprint density at radius 1 is 1.08 bits per heavy atom. The highest BCUT2D eigenvalue weighted by Gasteiger charge is 2.15. The van der Waals surface area contributed by atoms with Crippen LogP contribution in [0.2, 0.25) is 0 Å². The fourth-order valence-corrected chi connectivity index (χ4v) is 3.22. The molecule has 7 heteroatoms. The number of aryl methyl sites for hydroxylation is 2. The average Bonchev–Trinajstić information content (AvgIpc) is 2.56. The van der Waals surface area contributed by atoms with Crippen LogP contribution in [0, 0.1) is 13.8 Å². The smallest absolute Gasteiger partial charge is 0.261 e. The van der Waals surface area contributed by atoms with E-state index in [1.54, 1.807) is 18.2 Å². The second kappa shape index (κ2) is 7.65. The molecule has 0 spiro atoms. The number of rotatable bonds is 7. The SMILES string of the molecule is Cc1ccc(C)c(NS(=O)(=O)c2ccc(NCC(O)CO)cc2)c1. The molecule has 2 aromatic carbocycles. The van der Waals surface area contributed by atoms with E-state index in [9.17, 15) is 13.5 Å². The molecule has 1 unspecified atom stereocenters. The molecule has 0 saturated heterocycles. The normalized spacial score (nSPS) is 12.7. The summed E-state index contributed by atoms with van der Waals surface area (Å²) in [4.78, 5) is 0.150. The van der Waals surface area contributed by atoms with Gasteiger partial charge in [0.15, 0.2) is 0 Å². The first-order valence-corrected chi connectivity index (χ1v) is 9.03. The van der Waals surface area contributed by atoms with E-state index in [0.29, 0.717) is 11.4 Å². The first-order chi connectivity index (χ1) is 11.3. The van der Waals surface area contributed by atoms with E-state index in [1.165, 1.54) is 12.1 Å². The Bertz CT molecular complexity index is 789. The molecule has 0 fully saturated rings. The van der Waals surface area contributed by atoms with Gasteiger partial charge in [0.1, 0.15) is 0 Å². The lowest BCUT2D eigenvalue weighted by atomic mass is 10.1. The van der Waals surface area contributed by atoms with Gasteiger partial charge in [0, 0.05) is 12.2 Å². The third-order valence-electron chi connectivity index (χ3n) is 3.55. The van der Waals surface area contributed by atoms with Crippen LogP contribution < -0.4 is 10.0 Å². The van der Waals surface area contributed by atoms with Crippen LogP contribution in [0.1, 0.15) is 11.1 Å². The summed E-state index contributed by atoms with van der Waals surface area (Å²) in [7, 11) is -3.67. The largest absolute Gasteiger partial charge is 0.394 e. The monoisotopic (exact) mass is 350 g/mol. The second-order valence-corrected chi connectivity index (χ2v) is 7.35. The predicted molar refractivity (Wildman–Crippen MR) is 94.7 cm³/mol. The van der Waals surface area contributed by atoms with Crippen molar-refractivity contribution in [1.29, 1.82) is 0 Å². The number of hydrogen-bond acceptors (Lipinski definition) is 5. The Hall–Kier alpha value is -2.09. The third kappa shape index (κ3) is 4.70. The Kier molecular flexibility index (Phi) is 5.82. The van der Waals surface area contributed by atoms with Crippen LogP contribution in [-0.4, -0.2) is 37.9 Å². The molecule has 0 aliphatic rings. The number of nitrogens with one attached hydrogen (secondary N) is 2. The lowest BCUT2D eigenvalue weighted by molar-refractivity contribution is 0.105. The minimum atomic E-state index is -3.67. The summed E-state index contributed by atoms with van der Waals surface area (Å²) in [6.07, 6.45) is -0.862. The van der Waals surface area contributed by atoms with Crippen LogP contribution in [0.5, 0.6) is 0 Å². The second-order valence-electron chi connectivity index (χ2n) is 5.67. The van der Waals surface area contributed by atoms with Gasteiger partial charge in [0.05, 0.1) is 23.3 Å². The molecule has 0 saturated carbocycles. The maximum Gasteiger partial charge on any atom is 0.261 e. The van der Waals surface area contributed by atoms with Crippen molar-refractivity contribution in [3.63, 3.8) is 0 Å². The van der Waals surface area contributed by atoms with E-state index < -0.39 is 16.1 Å². The van der Waals surface area contributed by atoms with E-state index in [1.807, 2.05) is 26.0 Å². The van der Waals surface area contributed by atoms with E-state index >= 15 is 0 Å². The first-order valence-electron chi connectivity index (χ1n) is 7.55. The summed E-state index contributed by atoms with van der Waals surface area (Å²) in [6, 6.07) is 11.8. The number of aliphatic hydroxyl groups excluding tert-OH is 2. The minimum Gasteiger partial charge on any atom is -0.394 e. The van der Waals surface area contributed by atoms with Crippen molar-refractivity contribution in [2.24, 2.45) is 0 Å². The number of benzene rings is 2. The summed E-state index contributed by atoms with van der Waals surface area (Å²) in [6.45, 7) is 3.60. The molecule has 6 nitrogen and oxygen atoms in total. The highest BCUT2D eigenvalue weighted by atomic mass is 32.2. The molecule has 0 aliphatic heterocycles. The average molecular weight is 350 g/mol. The molecule has 4 N–H and O–H groups in total. The van der Waals surface area contributed by atoms with E-state index in [0.717, 1.165) is 11.1 Å². The summed E-state index contributed by atoms with van der Waals surface area (Å²) in [5, 5.41) is 21.0. The van der Waals surface area contributed by atoms with Crippen molar-refractivity contribution in [2.45, 2.75) is 24.8 Å². The lowest BCUT2D eigenvalue weighted by Crippen LogP contribution is -2.22. The van der Waals surface area contributed by atoms with Crippen molar-refractivity contribution in [3.05, 3.63) is 53.6 Å². The van der Waals surface area contributed by atoms with E-state index in [2.05, 4.69) is 10.0 Å². The van der Waals surface area contributed by atoms with Gasteiger partial charge in [-0.05, 0) is 55.3 Å². The van der Waals surface area contributed by atoms with Crippen LogP contribution in [0.3, 0.4) is 0 Å². The predicted octanol–water partition coefficient (Wildman–Crippen LogP) is 1.87. The molecule has 0 bridgehead atoms. The van der Waals surface area contributed by atoms with Crippen molar-refractivity contribution in [3.8, 4) is 0 Å². The van der Waals surface area contributed by atoms with E-state index in [4.69, 9.17) is 5.11 Å². The molecule has 0 amide bonds. The zero-order chi connectivity index (χ0) is 17.7. The fourth-order valence-electron chi connectivity index (χ4n) is 2.10. The molecule has 1 atom stereocenters. The topological polar surface area (TPSA) is 98.7 Å². The van der Waals surface area contributed by atoms with Gasteiger partial charge in [-0.1, -0.05) is 12.1 Å². The molecule has 130 valence electrons. The van der Waals surface area contributed by atoms with Gasteiger partial charge in [-0.3, -0.25) is 4.72 Å². The number of anilines is 2. The molecular formula is C17H22N2O4S. The van der Waals surface area contributed by atoms with Crippen molar-refractivity contribution in [2.75, 3.05) is 23.2 Å². The van der Waals surface area contributed by atoms with Gasteiger partial charge in [0.2, 0.25) is 0 Å². The standard InChI is InChI=1S/C17H22N2O4S/c1-12-3-4-13(2)17(9-12)19-24(22,23)16-7-5-14(6-8-16)18-10-15(21)11-20/h3-9,15,18-21H,10-11H2,1-2H3. The maximum atomic E-state index is 12.5. The molecule has 2 aromatic rings. The zero-order valence-corrected chi connectivity index (χ0v) is 14.5. The van der Waals surface area contributed by atoms with E-state index in [-0.39, 0.29) is 18.0 Å². The molecule has 0 aromatic heterocycles. The quantitative estimate of drug-likeness (QED) is 0.611. The zero-order valence-electron chi connectivity index (χ0n) is 13.7. The summed E-state index contributed by atoms with van der Waals surface area (Å²) >= 11 is 0. The molecular weight excluding hydrogens is 328 g/mol. The Morgan fingerprint density at radius 3 is 2.38 bits per heavy atom. The van der Waals surface area contributed by atoms with Crippen molar-refractivity contribution < 1.29 is 18.6 Å². The fraction of sp³-hybridized carbons (Fsp3) is 0.294. The van der Waals surface area contributed by atoms with Crippen LogP contribution in [0.25, 0.3) is 0 Å². The Labute approximate surface area is 142 Å². The highest BCUT2D eigenvalue weighted by molar-refractivity contribution is 7.92. The van der Waals surface area contributed by atoms with Gasteiger partial charge >= 0.3 is 0 Å². The van der Waals surface area contributed by atoms with Crippen LogP contribution >= 0.6 is 0 Å². The molecule has 0 radical (unpaired) electrons. The Morgan fingerprint density at radius 2 is 1.75 bits per heavy atom. The van der Waals surface area contributed by atoms with Gasteiger partial charge in [-0.15, -0.1) is 0 Å². The van der Waals surface area contributed by atoms with Gasteiger partial charge in [-0.2, -0.15) is 0 Å². The minimum absolute atomic E-state index is 0.150. The molecule has 24 heavy (non-hydrogen) atoms. The number of sulfonamides is 1. The number of hydrogen-bond donors (Lipinski definition) is 4. The summed E-state index contributed by atoms with van der Waals surface area (Å²) < 4.78 is 27.6. The molecule has 2 rings (SSSR count). The molecule has 0 heterocycles. The van der Waals surface area contributed by atoms with Gasteiger partial charge in [0.25, 0.3) is 10.0 Å². The maximum absolute atomic E-state index is 12.5. The van der Waals surface area contributed by atoms with Crippen LogP contribution in [0.15, 0.2) is 47.4 Å². The third-order valence-corrected chi connectivity index (χ3v) is 4.94. The van der Waals surface area contributed by atoms with Crippen LogP contribution in [-0.2, 0) is 10.0 Å². The van der Waals surface area contributed by atoms with Crippen molar-refractivity contribution >= 4 is 21.4 Å². The summed E-state index contributed by atoms with van der Waals surface area (Å²) in [5.74, 6) is 0. The molecule has 0 aliphatic carbocycles. The first kappa shape index (κ1) is 18.3.